The van der Waals surface area contributed by atoms with E-state index in [0.717, 1.165) is 37.6 Å². The molecule has 1 aromatic rings. The second-order valence-corrected chi connectivity index (χ2v) is 4.68. The fraction of sp³-hybridized carbons (Fsp3) is 0.538. The Kier molecular flexibility index (Phi) is 3.17. The van der Waals surface area contributed by atoms with E-state index in [1.165, 1.54) is 0 Å². The largest absolute Gasteiger partial charge is 0.386 e. The van der Waals surface area contributed by atoms with Gasteiger partial charge >= 0.3 is 0 Å². The van der Waals surface area contributed by atoms with Gasteiger partial charge in [-0.1, -0.05) is 18.2 Å². The van der Waals surface area contributed by atoms with Gasteiger partial charge in [0.25, 0.3) is 0 Å². The van der Waals surface area contributed by atoms with Crippen molar-refractivity contribution in [2.24, 2.45) is 0 Å². The van der Waals surface area contributed by atoms with Crippen molar-refractivity contribution in [2.75, 3.05) is 31.2 Å². The molecule has 0 spiro atoms. The highest BCUT2D eigenvalue weighted by Crippen LogP contribution is 2.30. The van der Waals surface area contributed by atoms with Gasteiger partial charge in [-0.05, 0) is 19.9 Å². The summed E-state index contributed by atoms with van der Waals surface area (Å²) in [7, 11) is 0. The molecule has 3 heteroatoms. The van der Waals surface area contributed by atoms with Gasteiger partial charge < -0.3 is 14.7 Å². The minimum atomic E-state index is -0.797. The molecule has 0 atom stereocenters. The highest BCUT2D eigenvalue weighted by molar-refractivity contribution is 5.56. The van der Waals surface area contributed by atoms with E-state index >= 15 is 0 Å². The Balaban J connectivity index is 2.32. The van der Waals surface area contributed by atoms with E-state index in [0.29, 0.717) is 0 Å². The summed E-state index contributed by atoms with van der Waals surface area (Å²) in [6.45, 7) is 6.97. The zero-order chi connectivity index (χ0) is 11.6. The molecule has 0 saturated carbocycles. The van der Waals surface area contributed by atoms with E-state index in [4.69, 9.17) is 4.74 Å². The molecule has 1 aliphatic heterocycles. The molecule has 1 heterocycles. The molecule has 1 aliphatic rings. The van der Waals surface area contributed by atoms with Crippen molar-refractivity contribution in [3.63, 3.8) is 0 Å². The minimum absolute atomic E-state index is 0.764. The van der Waals surface area contributed by atoms with Crippen LogP contribution in [0.25, 0.3) is 0 Å². The van der Waals surface area contributed by atoms with E-state index in [1.54, 1.807) is 0 Å². The molecule has 1 aromatic carbocycles. The smallest absolute Gasteiger partial charge is 0.0860 e. The van der Waals surface area contributed by atoms with Crippen molar-refractivity contribution < 1.29 is 9.84 Å². The number of para-hydroxylation sites is 1. The quantitative estimate of drug-likeness (QED) is 0.826. The summed E-state index contributed by atoms with van der Waals surface area (Å²) in [5, 5.41) is 10.1. The standard InChI is InChI=1S/C13H19NO2/c1-13(2,15)11-5-3-4-6-12(11)14-7-9-16-10-8-14/h3-6,15H,7-10H2,1-2H3. The van der Waals surface area contributed by atoms with Crippen molar-refractivity contribution in [2.45, 2.75) is 19.4 Å². The first-order chi connectivity index (χ1) is 7.59. The van der Waals surface area contributed by atoms with Crippen LogP contribution < -0.4 is 4.90 Å². The Hall–Kier alpha value is -1.06. The summed E-state index contributed by atoms with van der Waals surface area (Å²) < 4.78 is 5.34. The lowest BCUT2D eigenvalue weighted by Gasteiger charge is -2.33. The number of hydrogen-bond acceptors (Lipinski definition) is 3. The SMILES string of the molecule is CC(C)(O)c1ccccc1N1CCOCC1. The average molecular weight is 221 g/mol. The van der Waals surface area contributed by atoms with E-state index in [2.05, 4.69) is 11.0 Å². The summed E-state index contributed by atoms with van der Waals surface area (Å²) in [6.07, 6.45) is 0. The molecule has 0 radical (unpaired) electrons. The number of rotatable bonds is 2. The number of hydrogen-bond donors (Lipinski definition) is 1. The zero-order valence-electron chi connectivity index (χ0n) is 9.94. The van der Waals surface area contributed by atoms with E-state index < -0.39 is 5.60 Å². The lowest BCUT2D eigenvalue weighted by atomic mass is 9.96. The van der Waals surface area contributed by atoms with Gasteiger partial charge in [0.05, 0.1) is 18.8 Å². The number of morpholine rings is 1. The van der Waals surface area contributed by atoms with Gasteiger partial charge in [-0.25, -0.2) is 0 Å². The fourth-order valence-electron chi connectivity index (χ4n) is 2.07. The first kappa shape index (κ1) is 11.4. The maximum Gasteiger partial charge on any atom is 0.0860 e. The molecule has 88 valence electrons. The first-order valence-electron chi connectivity index (χ1n) is 5.73. The third-order valence-corrected chi connectivity index (χ3v) is 2.91. The van der Waals surface area contributed by atoms with Crippen LogP contribution in [-0.4, -0.2) is 31.4 Å². The van der Waals surface area contributed by atoms with Gasteiger partial charge in [0.15, 0.2) is 0 Å². The Labute approximate surface area is 96.6 Å². The molecular formula is C13H19NO2. The van der Waals surface area contributed by atoms with Crippen LogP contribution in [0, 0.1) is 0 Å². The summed E-state index contributed by atoms with van der Waals surface area (Å²) in [5.41, 5.74) is 1.31. The van der Waals surface area contributed by atoms with Gasteiger partial charge in [0.1, 0.15) is 0 Å². The first-order valence-corrected chi connectivity index (χ1v) is 5.73. The highest BCUT2D eigenvalue weighted by Gasteiger charge is 2.23. The van der Waals surface area contributed by atoms with E-state index in [-0.39, 0.29) is 0 Å². The Morgan fingerprint density at radius 1 is 1.19 bits per heavy atom. The van der Waals surface area contributed by atoms with E-state index in [9.17, 15) is 5.11 Å². The molecular weight excluding hydrogens is 202 g/mol. The number of benzene rings is 1. The van der Waals surface area contributed by atoms with Crippen molar-refractivity contribution in [1.29, 1.82) is 0 Å². The Morgan fingerprint density at radius 3 is 2.44 bits per heavy atom. The van der Waals surface area contributed by atoms with Crippen LogP contribution in [0.5, 0.6) is 0 Å². The number of aliphatic hydroxyl groups is 1. The molecule has 0 amide bonds. The number of nitrogens with zero attached hydrogens (tertiary/aromatic N) is 1. The Morgan fingerprint density at radius 2 is 1.81 bits per heavy atom. The second-order valence-electron chi connectivity index (χ2n) is 4.68. The van der Waals surface area contributed by atoms with E-state index in [1.807, 2.05) is 32.0 Å². The molecule has 1 fully saturated rings. The normalized spacial score (nSPS) is 17.6. The molecule has 3 nitrogen and oxygen atoms in total. The van der Waals surface area contributed by atoms with Crippen LogP contribution in [0.15, 0.2) is 24.3 Å². The predicted octanol–water partition coefficient (Wildman–Crippen LogP) is 1.75. The maximum atomic E-state index is 10.1. The van der Waals surface area contributed by atoms with Gasteiger partial charge in [-0.15, -0.1) is 0 Å². The van der Waals surface area contributed by atoms with Crippen LogP contribution in [0.2, 0.25) is 0 Å². The summed E-state index contributed by atoms with van der Waals surface area (Å²) >= 11 is 0. The third-order valence-electron chi connectivity index (χ3n) is 2.91. The monoisotopic (exact) mass is 221 g/mol. The predicted molar refractivity (Wildman–Crippen MR) is 64.7 cm³/mol. The maximum absolute atomic E-state index is 10.1. The van der Waals surface area contributed by atoms with Crippen LogP contribution in [-0.2, 0) is 10.3 Å². The van der Waals surface area contributed by atoms with Crippen LogP contribution in [0.1, 0.15) is 19.4 Å². The Bertz CT molecular complexity index is 351. The van der Waals surface area contributed by atoms with Gasteiger partial charge in [0.2, 0.25) is 0 Å². The van der Waals surface area contributed by atoms with Crippen LogP contribution in [0.3, 0.4) is 0 Å². The molecule has 16 heavy (non-hydrogen) atoms. The average Bonchev–Trinajstić information content (AvgIpc) is 2.29. The summed E-state index contributed by atoms with van der Waals surface area (Å²) in [6, 6.07) is 8.04. The lowest BCUT2D eigenvalue weighted by Crippen LogP contribution is -2.37. The molecule has 1 saturated heterocycles. The molecule has 0 aromatic heterocycles. The van der Waals surface area contributed by atoms with Crippen molar-refractivity contribution in [1.82, 2.24) is 0 Å². The summed E-state index contributed by atoms with van der Waals surface area (Å²) in [4.78, 5) is 2.27. The van der Waals surface area contributed by atoms with Gasteiger partial charge in [-0.2, -0.15) is 0 Å². The van der Waals surface area contributed by atoms with Gasteiger partial charge in [0, 0.05) is 24.3 Å². The van der Waals surface area contributed by atoms with Crippen molar-refractivity contribution in [3.8, 4) is 0 Å². The highest BCUT2D eigenvalue weighted by atomic mass is 16.5. The molecule has 0 bridgehead atoms. The third kappa shape index (κ3) is 2.36. The number of anilines is 1. The fourth-order valence-corrected chi connectivity index (χ4v) is 2.07. The molecule has 2 rings (SSSR count). The zero-order valence-corrected chi connectivity index (χ0v) is 9.94. The molecule has 0 aliphatic carbocycles. The number of ether oxygens (including phenoxy) is 1. The van der Waals surface area contributed by atoms with Crippen molar-refractivity contribution in [3.05, 3.63) is 29.8 Å². The molecule has 0 unspecified atom stereocenters. The van der Waals surface area contributed by atoms with Crippen LogP contribution >= 0.6 is 0 Å². The summed E-state index contributed by atoms with van der Waals surface area (Å²) in [5.74, 6) is 0. The molecule has 1 N–H and O–H groups in total. The minimum Gasteiger partial charge on any atom is -0.386 e. The topological polar surface area (TPSA) is 32.7 Å². The second kappa shape index (κ2) is 4.44. The lowest BCUT2D eigenvalue weighted by molar-refractivity contribution is 0.0781. The van der Waals surface area contributed by atoms with Gasteiger partial charge in [-0.3, -0.25) is 0 Å². The van der Waals surface area contributed by atoms with Crippen molar-refractivity contribution >= 4 is 5.69 Å². The van der Waals surface area contributed by atoms with Crippen LogP contribution in [0.4, 0.5) is 5.69 Å².